The van der Waals surface area contributed by atoms with Crippen LogP contribution in [0, 0.1) is 0 Å². The van der Waals surface area contributed by atoms with Gasteiger partial charge in [-0.1, -0.05) is 65.9 Å². The van der Waals surface area contributed by atoms with Crippen molar-refractivity contribution in [3.63, 3.8) is 0 Å². The molecule has 0 aliphatic carbocycles. The van der Waals surface area contributed by atoms with Crippen molar-refractivity contribution in [1.82, 2.24) is 0 Å². The lowest BCUT2D eigenvalue weighted by Crippen LogP contribution is -2.27. The molecule has 1 aliphatic heterocycles. The summed E-state index contributed by atoms with van der Waals surface area (Å²) < 4.78 is 0.369. The molecule has 0 radical (unpaired) electrons. The molecule has 1 heterocycles. The van der Waals surface area contributed by atoms with Crippen molar-refractivity contribution >= 4 is 63.5 Å². The highest BCUT2D eigenvalue weighted by molar-refractivity contribution is 8.27. The van der Waals surface area contributed by atoms with Gasteiger partial charge >= 0.3 is 5.97 Å². The molecule has 26 heavy (non-hydrogen) atoms. The summed E-state index contributed by atoms with van der Waals surface area (Å²) in [6.07, 6.45) is 3.34. The second-order valence-electron chi connectivity index (χ2n) is 5.31. The summed E-state index contributed by atoms with van der Waals surface area (Å²) >= 11 is 12.7. The Bertz CT molecular complexity index is 937. The highest BCUT2D eigenvalue weighted by atomic mass is 35.5. The van der Waals surface area contributed by atoms with Crippen molar-refractivity contribution < 1.29 is 14.7 Å². The number of thiocarbonyl (C=S) groups is 1. The zero-order chi connectivity index (χ0) is 18.7. The number of carbonyl (C=O) groups is 2. The zero-order valence-electron chi connectivity index (χ0n) is 13.3. The van der Waals surface area contributed by atoms with E-state index >= 15 is 0 Å². The van der Waals surface area contributed by atoms with Gasteiger partial charge in [0.15, 0.2) is 4.32 Å². The monoisotopic (exact) mass is 401 g/mol. The number of carboxylic acid groups (broad SMARTS) is 1. The molecule has 0 aromatic heterocycles. The van der Waals surface area contributed by atoms with Crippen LogP contribution in [0.2, 0.25) is 0 Å². The SMILES string of the molecule is O=C(O)c1ccc(N2C(=O)/C(=C/C(Cl)=C/c3ccccc3)SC2=S)cc1. The largest absolute Gasteiger partial charge is 0.478 e. The van der Waals surface area contributed by atoms with Crippen molar-refractivity contribution in [2.45, 2.75) is 0 Å². The Hall–Kier alpha value is -2.41. The molecule has 7 heteroatoms. The van der Waals surface area contributed by atoms with E-state index in [1.54, 1.807) is 24.3 Å². The number of allylic oxidation sites excluding steroid dienone is 2. The van der Waals surface area contributed by atoms with Crippen LogP contribution < -0.4 is 4.90 Å². The van der Waals surface area contributed by atoms with Crippen LogP contribution in [0.1, 0.15) is 15.9 Å². The van der Waals surface area contributed by atoms with Gasteiger partial charge in [0, 0.05) is 5.03 Å². The molecule has 1 saturated heterocycles. The Balaban J connectivity index is 1.84. The third kappa shape index (κ3) is 4.04. The molecule has 1 fully saturated rings. The summed E-state index contributed by atoms with van der Waals surface area (Å²) in [5.74, 6) is -1.32. The van der Waals surface area contributed by atoms with Crippen molar-refractivity contribution in [2.75, 3.05) is 4.90 Å². The van der Waals surface area contributed by atoms with Crippen molar-refractivity contribution in [3.8, 4) is 0 Å². The summed E-state index contributed by atoms with van der Waals surface area (Å²) in [5.41, 5.74) is 1.58. The molecule has 1 aliphatic rings. The van der Waals surface area contributed by atoms with Gasteiger partial charge in [0.25, 0.3) is 5.91 Å². The minimum atomic E-state index is -1.03. The van der Waals surface area contributed by atoms with Gasteiger partial charge in [0.2, 0.25) is 0 Å². The molecule has 0 saturated carbocycles. The topological polar surface area (TPSA) is 57.6 Å². The number of hydrogen-bond acceptors (Lipinski definition) is 4. The van der Waals surface area contributed by atoms with Gasteiger partial charge in [-0.05, 0) is 42.0 Å². The fraction of sp³-hybridized carbons (Fsp3) is 0. The lowest BCUT2D eigenvalue weighted by atomic mass is 10.2. The normalized spacial score (nSPS) is 16.4. The molecule has 2 aromatic rings. The molecule has 1 N–H and O–H groups in total. The Labute approximate surface area is 164 Å². The third-order valence-corrected chi connectivity index (χ3v) is 5.06. The molecular weight excluding hydrogens is 390 g/mol. The number of halogens is 1. The Morgan fingerprint density at radius 3 is 2.38 bits per heavy atom. The molecule has 2 aromatic carbocycles. The molecule has 4 nitrogen and oxygen atoms in total. The van der Waals surface area contributed by atoms with Gasteiger partial charge in [-0.25, -0.2) is 4.79 Å². The maximum Gasteiger partial charge on any atom is 0.335 e. The maximum atomic E-state index is 12.7. The van der Waals surface area contributed by atoms with Crippen LogP contribution in [-0.4, -0.2) is 21.3 Å². The zero-order valence-corrected chi connectivity index (χ0v) is 15.6. The number of aromatic carboxylic acids is 1. The Morgan fingerprint density at radius 2 is 1.77 bits per heavy atom. The number of carbonyl (C=O) groups excluding carboxylic acids is 1. The van der Waals surface area contributed by atoms with Crippen molar-refractivity contribution in [2.24, 2.45) is 0 Å². The minimum Gasteiger partial charge on any atom is -0.478 e. The molecule has 1 amide bonds. The second kappa shape index (κ2) is 7.86. The van der Waals surface area contributed by atoms with Gasteiger partial charge in [-0.3, -0.25) is 9.69 Å². The van der Waals surface area contributed by atoms with Gasteiger partial charge in [-0.2, -0.15) is 0 Å². The van der Waals surface area contributed by atoms with Crippen molar-refractivity contribution in [1.29, 1.82) is 0 Å². The van der Waals surface area contributed by atoms with Gasteiger partial charge in [0.05, 0.1) is 16.2 Å². The first-order chi connectivity index (χ1) is 12.5. The van der Waals surface area contributed by atoms with Crippen LogP contribution >= 0.6 is 35.6 Å². The van der Waals surface area contributed by atoms with E-state index in [9.17, 15) is 9.59 Å². The van der Waals surface area contributed by atoms with E-state index in [2.05, 4.69) is 0 Å². The highest BCUT2D eigenvalue weighted by Crippen LogP contribution is 2.36. The van der Waals surface area contributed by atoms with Crippen LogP contribution in [0.5, 0.6) is 0 Å². The van der Waals surface area contributed by atoms with Crippen LogP contribution in [0.25, 0.3) is 6.08 Å². The summed E-state index contributed by atoms with van der Waals surface area (Å²) in [4.78, 5) is 25.4. The fourth-order valence-corrected chi connectivity index (χ4v) is 3.91. The number of thioether (sulfide) groups is 1. The quantitative estimate of drug-likeness (QED) is 0.582. The van der Waals surface area contributed by atoms with E-state index < -0.39 is 5.97 Å². The van der Waals surface area contributed by atoms with E-state index in [0.29, 0.717) is 19.9 Å². The first-order valence-corrected chi connectivity index (χ1v) is 9.09. The third-order valence-electron chi connectivity index (χ3n) is 3.54. The summed E-state index contributed by atoms with van der Waals surface area (Å²) in [6.45, 7) is 0. The predicted molar refractivity (Wildman–Crippen MR) is 109 cm³/mol. The van der Waals surface area contributed by atoms with E-state index in [0.717, 1.165) is 17.3 Å². The number of amides is 1. The lowest BCUT2D eigenvalue weighted by Gasteiger charge is -2.14. The number of anilines is 1. The first kappa shape index (κ1) is 18.4. The van der Waals surface area contributed by atoms with Gasteiger partial charge in [-0.15, -0.1) is 0 Å². The fourth-order valence-electron chi connectivity index (χ4n) is 2.32. The molecule has 0 atom stereocenters. The van der Waals surface area contributed by atoms with Crippen molar-refractivity contribution in [3.05, 3.63) is 81.7 Å². The van der Waals surface area contributed by atoms with Crippen LogP contribution in [0.3, 0.4) is 0 Å². The maximum absolute atomic E-state index is 12.7. The number of hydrogen-bond donors (Lipinski definition) is 1. The summed E-state index contributed by atoms with van der Waals surface area (Å²) in [6, 6.07) is 15.5. The number of benzene rings is 2. The standard InChI is InChI=1S/C19H12ClNO3S2/c20-14(10-12-4-2-1-3-5-12)11-16-17(22)21(19(25)26-16)15-8-6-13(7-9-15)18(23)24/h1-11H,(H,23,24)/b14-10-,16-11-. The molecule has 3 rings (SSSR count). The average Bonchev–Trinajstić information content (AvgIpc) is 2.89. The van der Waals surface area contributed by atoms with E-state index in [4.69, 9.17) is 28.9 Å². The summed E-state index contributed by atoms with van der Waals surface area (Å²) in [5, 5.41) is 9.38. The van der Waals surface area contributed by atoms with E-state index in [1.807, 2.05) is 30.3 Å². The molecule has 0 bridgehead atoms. The molecular formula is C19H12ClNO3S2. The smallest absolute Gasteiger partial charge is 0.335 e. The molecule has 0 unspecified atom stereocenters. The lowest BCUT2D eigenvalue weighted by molar-refractivity contribution is -0.113. The van der Waals surface area contributed by atoms with E-state index in [-0.39, 0.29) is 11.5 Å². The van der Waals surface area contributed by atoms with E-state index in [1.165, 1.54) is 17.0 Å². The van der Waals surface area contributed by atoms with Gasteiger partial charge < -0.3 is 5.11 Å². The Kier molecular flexibility index (Phi) is 5.56. The Morgan fingerprint density at radius 1 is 1.12 bits per heavy atom. The first-order valence-electron chi connectivity index (χ1n) is 7.49. The second-order valence-corrected chi connectivity index (χ2v) is 7.42. The highest BCUT2D eigenvalue weighted by Gasteiger charge is 2.33. The van der Waals surface area contributed by atoms with Gasteiger partial charge in [0.1, 0.15) is 0 Å². The van der Waals surface area contributed by atoms with Crippen LogP contribution in [0.4, 0.5) is 5.69 Å². The number of nitrogens with zero attached hydrogens (tertiary/aromatic N) is 1. The average molecular weight is 402 g/mol. The minimum absolute atomic E-state index is 0.142. The number of carboxylic acids is 1. The summed E-state index contributed by atoms with van der Waals surface area (Å²) in [7, 11) is 0. The van der Waals surface area contributed by atoms with Crippen LogP contribution in [-0.2, 0) is 4.79 Å². The molecule has 0 spiro atoms. The molecule has 130 valence electrons. The number of rotatable bonds is 4. The van der Waals surface area contributed by atoms with Crippen LogP contribution in [0.15, 0.2) is 70.6 Å². The predicted octanol–water partition coefficient (Wildman–Crippen LogP) is 4.91.